The van der Waals surface area contributed by atoms with Crippen molar-refractivity contribution in [2.24, 2.45) is 0 Å². The summed E-state index contributed by atoms with van der Waals surface area (Å²) in [7, 11) is 1.42. The van der Waals surface area contributed by atoms with Crippen molar-refractivity contribution in [3.05, 3.63) is 0 Å². The van der Waals surface area contributed by atoms with Crippen LogP contribution in [0.4, 0.5) is 0 Å². The fourth-order valence-corrected chi connectivity index (χ4v) is 2.56. The first kappa shape index (κ1) is 15.9. The van der Waals surface area contributed by atoms with Crippen molar-refractivity contribution in [2.75, 3.05) is 13.7 Å². The predicted octanol–water partition coefficient (Wildman–Crippen LogP) is 1.76. The average molecular weight is 274 g/mol. The Hall–Kier alpha value is -1.14. The van der Waals surface area contributed by atoms with E-state index in [1.807, 2.05) is 0 Å². The Morgan fingerprint density at radius 2 is 1.47 bits per heavy atom. The van der Waals surface area contributed by atoms with Gasteiger partial charge >= 0.3 is 11.9 Å². The van der Waals surface area contributed by atoms with Gasteiger partial charge in [-0.3, -0.25) is 9.59 Å². The van der Waals surface area contributed by atoms with Crippen LogP contribution in [0.25, 0.3) is 0 Å². The lowest BCUT2D eigenvalue weighted by Crippen LogP contribution is -2.63. The van der Waals surface area contributed by atoms with E-state index in [1.54, 1.807) is 6.92 Å². The van der Waals surface area contributed by atoms with Gasteiger partial charge in [-0.2, -0.15) is 0 Å². The zero-order valence-corrected chi connectivity index (χ0v) is 12.0. The normalized spacial score (nSPS) is 30.7. The number of ether oxygens (including phenoxy) is 4. The van der Waals surface area contributed by atoms with Gasteiger partial charge in [-0.15, -0.1) is 0 Å². The lowest BCUT2D eigenvalue weighted by Gasteiger charge is -2.48. The highest BCUT2D eigenvalue weighted by Gasteiger charge is 2.60. The molecule has 1 rings (SSSR count). The van der Waals surface area contributed by atoms with Crippen LogP contribution in [-0.4, -0.2) is 37.2 Å². The quantitative estimate of drug-likeness (QED) is 0.562. The van der Waals surface area contributed by atoms with Crippen LogP contribution in [0.15, 0.2) is 0 Å². The van der Waals surface area contributed by atoms with E-state index >= 15 is 0 Å². The van der Waals surface area contributed by atoms with Gasteiger partial charge in [0, 0.05) is 40.4 Å². The zero-order chi connectivity index (χ0) is 14.5. The molecule has 1 fully saturated rings. The number of hydrogen-bond acceptors (Lipinski definition) is 6. The Balaban J connectivity index is 3.17. The van der Waals surface area contributed by atoms with Crippen molar-refractivity contribution >= 4 is 11.9 Å². The van der Waals surface area contributed by atoms with E-state index in [9.17, 15) is 9.59 Å². The van der Waals surface area contributed by atoms with Gasteiger partial charge in [-0.05, 0) is 19.8 Å². The van der Waals surface area contributed by atoms with Gasteiger partial charge in [-0.25, -0.2) is 0 Å². The number of carbonyl (C=O) groups is 2. The van der Waals surface area contributed by atoms with E-state index < -0.39 is 23.5 Å². The minimum absolute atomic E-state index is 0.319. The molecular formula is C13H22O6. The van der Waals surface area contributed by atoms with Crippen LogP contribution >= 0.6 is 0 Å². The lowest BCUT2D eigenvalue weighted by atomic mass is 9.87. The maximum absolute atomic E-state index is 11.4. The van der Waals surface area contributed by atoms with E-state index in [-0.39, 0.29) is 0 Å². The molecule has 2 unspecified atom stereocenters. The van der Waals surface area contributed by atoms with Crippen LogP contribution in [0.1, 0.15) is 46.5 Å². The fraction of sp³-hybridized carbons (Fsp3) is 0.846. The molecule has 2 atom stereocenters. The summed E-state index contributed by atoms with van der Waals surface area (Å²) in [5.74, 6) is -3.74. The largest absolute Gasteiger partial charge is 0.426 e. The summed E-state index contributed by atoms with van der Waals surface area (Å²) in [6.45, 7) is 4.69. The van der Waals surface area contributed by atoms with E-state index in [2.05, 4.69) is 0 Å². The molecule has 0 amide bonds. The van der Waals surface area contributed by atoms with E-state index in [0.29, 0.717) is 19.4 Å². The number of hydrogen-bond donors (Lipinski definition) is 0. The van der Waals surface area contributed by atoms with Gasteiger partial charge in [-0.1, -0.05) is 0 Å². The summed E-state index contributed by atoms with van der Waals surface area (Å²) in [6, 6.07) is 0. The summed E-state index contributed by atoms with van der Waals surface area (Å²) >= 11 is 0. The second-order valence-electron chi connectivity index (χ2n) is 4.54. The first-order valence-electron chi connectivity index (χ1n) is 6.49. The Kier molecular flexibility index (Phi) is 5.31. The van der Waals surface area contributed by atoms with Crippen molar-refractivity contribution in [3.63, 3.8) is 0 Å². The molecule has 1 aliphatic carbocycles. The molecule has 0 radical (unpaired) electrons. The Labute approximate surface area is 113 Å². The molecular weight excluding hydrogens is 252 g/mol. The highest BCUT2D eigenvalue weighted by atomic mass is 16.8. The third-order valence-electron chi connectivity index (χ3n) is 3.17. The predicted molar refractivity (Wildman–Crippen MR) is 66.1 cm³/mol. The first-order valence-corrected chi connectivity index (χ1v) is 6.49. The summed E-state index contributed by atoms with van der Waals surface area (Å²) in [5, 5.41) is 0. The van der Waals surface area contributed by atoms with E-state index in [4.69, 9.17) is 18.9 Å². The van der Waals surface area contributed by atoms with Crippen molar-refractivity contribution < 1.29 is 28.5 Å². The third-order valence-corrected chi connectivity index (χ3v) is 3.17. The molecule has 6 nitrogen and oxygen atoms in total. The molecule has 19 heavy (non-hydrogen) atoms. The fourth-order valence-electron chi connectivity index (χ4n) is 2.56. The molecule has 0 spiro atoms. The molecule has 6 heteroatoms. The van der Waals surface area contributed by atoms with Crippen LogP contribution in [-0.2, 0) is 28.5 Å². The first-order chi connectivity index (χ1) is 8.91. The minimum Gasteiger partial charge on any atom is -0.426 e. The van der Waals surface area contributed by atoms with Crippen molar-refractivity contribution in [1.82, 2.24) is 0 Å². The van der Waals surface area contributed by atoms with Crippen molar-refractivity contribution in [3.8, 4) is 0 Å². The number of rotatable bonds is 5. The van der Waals surface area contributed by atoms with Gasteiger partial charge in [0.05, 0.1) is 0 Å². The third kappa shape index (κ3) is 3.25. The summed E-state index contributed by atoms with van der Waals surface area (Å²) in [5.41, 5.74) is 0. The van der Waals surface area contributed by atoms with Crippen molar-refractivity contribution in [2.45, 2.75) is 58.0 Å². The number of methoxy groups -OCH3 is 1. The Bertz CT molecular complexity index is 338. The monoisotopic (exact) mass is 274 g/mol. The molecule has 0 aliphatic heterocycles. The molecule has 0 N–H and O–H groups in total. The molecule has 110 valence electrons. The second kappa shape index (κ2) is 6.34. The smallest absolute Gasteiger partial charge is 0.305 e. The molecule has 0 heterocycles. The van der Waals surface area contributed by atoms with E-state index in [1.165, 1.54) is 21.0 Å². The molecule has 1 saturated carbocycles. The maximum atomic E-state index is 11.4. The van der Waals surface area contributed by atoms with Gasteiger partial charge < -0.3 is 18.9 Å². The van der Waals surface area contributed by atoms with Crippen LogP contribution < -0.4 is 0 Å². The summed E-state index contributed by atoms with van der Waals surface area (Å²) < 4.78 is 21.8. The molecule has 0 bridgehead atoms. The minimum atomic E-state index is -1.38. The maximum Gasteiger partial charge on any atom is 0.305 e. The topological polar surface area (TPSA) is 71.1 Å². The Morgan fingerprint density at radius 1 is 1.00 bits per heavy atom. The highest BCUT2D eigenvalue weighted by molar-refractivity contribution is 5.68. The van der Waals surface area contributed by atoms with Gasteiger partial charge in [0.2, 0.25) is 0 Å². The molecule has 1 aliphatic rings. The van der Waals surface area contributed by atoms with Crippen LogP contribution in [0.5, 0.6) is 0 Å². The molecule has 0 aromatic carbocycles. The van der Waals surface area contributed by atoms with Crippen LogP contribution in [0.3, 0.4) is 0 Å². The van der Waals surface area contributed by atoms with Gasteiger partial charge in [0.1, 0.15) is 0 Å². The molecule has 0 saturated heterocycles. The molecule has 0 aromatic heterocycles. The van der Waals surface area contributed by atoms with Crippen molar-refractivity contribution in [1.29, 1.82) is 0 Å². The Morgan fingerprint density at radius 3 is 1.89 bits per heavy atom. The van der Waals surface area contributed by atoms with Gasteiger partial charge in [0.15, 0.2) is 0 Å². The zero-order valence-electron chi connectivity index (χ0n) is 12.0. The van der Waals surface area contributed by atoms with Gasteiger partial charge in [0.25, 0.3) is 11.6 Å². The SMILES string of the molecule is CCOC1(OC(C)=O)CCCCC1(OC)OC(C)=O. The number of carbonyl (C=O) groups excluding carboxylic acids is 2. The lowest BCUT2D eigenvalue weighted by molar-refractivity contribution is -0.392. The van der Waals surface area contributed by atoms with E-state index in [0.717, 1.165) is 12.8 Å². The summed E-state index contributed by atoms with van der Waals surface area (Å²) in [6.07, 6.45) is 2.47. The number of esters is 2. The second-order valence-corrected chi connectivity index (χ2v) is 4.54. The highest BCUT2D eigenvalue weighted by Crippen LogP contribution is 2.44. The van der Waals surface area contributed by atoms with Crippen LogP contribution in [0, 0.1) is 0 Å². The molecule has 0 aromatic rings. The average Bonchev–Trinajstić information content (AvgIpc) is 2.31. The summed E-state index contributed by atoms with van der Waals surface area (Å²) in [4.78, 5) is 22.7. The standard InChI is InChI=1S/C13H22O6/c1-5-17-13(19-11(3)15)9-7-6-8-12(13,16-4)18-10(2)14/h5-9H2,1-4H3. The van der Waals surface area contributed by atoms with Crippen LogP contribution in [0.2, 0.25) is 0 Å².